The van der Waals surface area contributed by atoms with Gasteiger partial charge in [-0.25, -0.2) is 0 Å². The third-order valence-corrected chi connectivity index (χ3v) is 4.41. The highest BCUT2D eigenvalue weighted by molar-refractivity contribution is 6.30. The summed E-state index contributed by atoms with van der Waals surface area (Å²) in [6, 6.07) is 9.36. The normalized spacial score (nSPS) is 24.1. The standard InChI is InChI=1S/C16H24ClN/c1-12(10-13-6-4-7-14(17)11-13)18-15-8-5-9-16(15,2)3/h4,6-7,11-12,15,18H,5,8-10H2,1-3H3. The van der Waals surface area contributed by atoms with Gasteiger partial charge in [0.25, 0.3) is 0 Å². The Morgan fingerprint density at radius 2 is 2.22 bits per heavy atom. The molecule has 0 heterocycles. The number of halogens is 1. The van der Waals surface area contributed by atoms with E-state index in [1.807, 2.05) is 12.1 Å². The molecule has 2 unspecified atom stereocenters. The molecule has 0 bridgehead atoms. The molecular formula is C16H24ClN. The molecule has 1 aliphatic carbocycles. The lowest BCUT2D eigenvalue weighted by atomic mass is 9.87. The van der Waals surface area contributed by atoms with Gasteiger partial charge in [0.1, 0.15) is 0 Å². The van der Waals surface area contributed by atoms with Crippen LogP contribution in [0.15, 0.2) is 24.3 Å². The molecule has 1 fully saturated rings. The van der Waals surface area contributed by atoms with Gasteiger partial charge in [-0.3, -0.25) is 0 Å². The van der Waals surface area contributed by atoms with E-state index in [4.69, 9.17) is 11.6 Å². The molecule has 1 N–H and O–H groups in total. The molecule has 0 amide bonds. The first kappa shape index (κ1) is 13.9. The van der Waals surface area contributed by atoms with Crippen molar-refractivity contribution in [2.24, 2.45) is 5.41 Å². The zero-order valence-electron chi connectivity index (χ0n) is 11.7. The molecule has 2 heteroatoms. The van der Waals surface area contributed by atoms with Gasteiger partial charge in [0.05, 0.1) is 0 Å². The smallest absolute Gasteiger partial charge is 0.0408 e. The van der Waals surface area contributed by atoms with Crippen LogP contribution in [-0.2, 0) is 6.42 Å². The van der Waals surface area contributed by atoms with Crippen molar-refractivity contribution in [3.8, 4) is 0 Å². The van der Waals surface area contributed by atoms with Crippen molar-refractivity contribution in [3.05, 3.63) is 34.9 Å². The second-order valence-corrected chi connectivity index (χ2v) is 6.77. The molecule has 0 aliphatic heterocycles. The lowest BCUT2D eigenvalue weighted by Gasteiger charge is -2.31. The number of hydrogen-bond acceptors (Lipinski definition) is 1. The van der Waals surface area contributed by atoms with E-state index in [0.717, 1.165) is 11.4 Å². The zero-order chi connectivity index (χ0) is 13.2. The van der Waals surface area contributed by atoms with Gasteiger partial charge in [0.2, 0.25) is 0 Å². The SMILES string of the molecule is CC(Cc1cccc(Cl)c1)NC1CCCC1(C)C. The molecule has 0 spiro atoms. The monoisotopic (exact) mass is 265 g/mol. The van der Waals surface area contributed by atoms with Crippen molar-refractivity contribution >= 4 is 11.6 Å². The minimum atomic E-state index is 0.447. The van der Waals surface area contributed by atoms with E-state index < -0.39 is 0 Å². The Balaban J connectivity index is 1.91. The van der Waals surface area contributed by atoms with Crippen molar-refractivity contribution < 1.29 is 0 Å². The minimum Gasteiger partial charge on any atom is -0.311 e. The molecule has 0 saturated heterocycles. The predicted octanol–water partition coefficient (Wildman–Crippen LogP) is 4.44. The maximum absolute atomic E-state index is 6.02. The first-order chi connectivity index (χ1) is 8.47. The number of nitrogens with one attached hydrogen (secondary N) is 1. The molecule has 1 aromatic rings. The van der Waals surface area contributed by atoms with Crippen LogP contribution in [0.1, 0.15) is 45.6 Å². The molecule has 0 aromatic heterocycles. The fourth-order valence-electron chi connectivity index (χ4n) is 3.06. The lowest BCUT2D eigenvalue weighted by Crippen LogP contribution is -2.43. The summed E-state index contributed by atoms with van der Waals surface area (Å²) >= 11 is 6.02. The quantitative estimate of drug-likeness (QED) is 0.849. The van der Waals surface area contributed by atoms with E-state index in [9.17, 15) is 0 Å². The number of benzene rings is 1. The van der Waals surface area contributed by atoms with Gasteiger partial charge in [-0.1, -0.05) is 44.0 Å². The second kappa shape index (κ2) is 5.63. The van der Waals surface area contributed by atoms with Crippen LogP contribution >= 0.6 is 11.6 Å². The summed E-state index contributed by atoms with van der Waals surface area (Å²) in [5, 5.41) is 4.63. The molecule has 0 radical (unpaired) electrons. The molecule has 1 saturated carbocycles. The largest absolute Gasteiger partial charge is 0.311 e. The van der Waals surface area contributed by atoms with E-state index >= 15 is 0 Å². The van der Waals surface area contributed by atoms with Crippen molar-refractivity contribution in [3.63, 3.8) is 0 Å². The lowest BCUT2D eigenvalue weighted by molar-refractivity contribution is 0.265. The predicted molar refractivity (Wildman–Crippen MR) is 79.2 cm³/mol. The number of hydrogen-bond donors (Lipinski definition) is 1. The topological polar surface area (TPSA) is 12.0 Å². The van der Waals surface area contributed by atoms with Crippen LogP contribution in [0.4, 0.5) is 0 Å². The van der Waals surface area contributed by atoms with Gasteiger partial charge in [0, 0.05) is 17.1 Å². The Morgan fingerprint density at radius 1 is 1.44 bits per heavy atom. The molecule has 1 aromatic carbocycles. The minimum absolute atomic E-state index is 0.447. The van der Waals surface area contributed by atoms with E-state index in [1.54, 1.807) is 0 Å². The van der Waals surface area contributed by atoms with Crippen LogP contribution in [0.25, 0.3) is 0 Å². The molecule has 2 rings (SSSR count). The molecule has 1 aliphatic rings. The second-order valence-electron chi connectivity index (χ2n) is 6.34. The number of rotatable bonds is 4. The maximum Gasteiger partial charge on any atom is 0.0408 e. The van der Waals surface area contributed by atoms with Crippen LogP contribution in [0.2, 0.25) is 5.02 Å². The van der Waals surface area contributed by atoms with Gasteiger partial charge in [-0.2, -0.15) is 0 Å². The summed E-state index contributed by atoms with van der Waals surface area (Å²) in [4.78, 5) is 0. The van der Waals surface area contributed by atoms with Gasteiger partial charge in [-0.05, 0) is 49.3 Å². The van der Waals surface area contributed by atoms with Crippen LogP contribution in [0.5, 0.6) is 0 Å². The van der Waals surface area contributed by atoms with Gasteiger partial charge in [-0.15, -0.1) is 0 Å². The Labute approximate surface area is 116 Å². The zero-order valence-corrected chi connectivity index (χ0v) is 12.4. The summed E-state index contributed by atoms with van der Waals surface area (Å²) < 4.78 is 0. The fourth-order valence-corrected chi connectivity index (χ4v) is 3.27. The van der Waals surface area contributed by atoms with Crippen LogP contribution < -0.4 is 5.32 Å². The summed E-state index contributed by atoms with van der Waals surface area (Å²) in [6.07, 6.45) is 5.06. The summed E-state index contributed by atoms with van der Waals surface area (Å²) in [6.45, 7) is 7.03. The van der Waals surface area contributed by atoms with Crippen molar-refractivity contribution in [2.75, 3.05) is 0 Å². The molecule has 1 nitrogen and oxygen atoms in total. The highest BCUT2D eigenvalue weighted by atomic mass is 35.5. The van der Waals surface area contributed by atoms with Crippen LogP contribution in [-0.4, -0.2) is 12.1 Å². The van der Waals surface area contributed by atoms with E-state index in [-0.39, 0.29) is 0 Å². The average molecular weight is 266 g/mol. The maximum atomic E-state index is 6.02. The van der Waals surface area contributed by atoms with Gasteiger partial charge < -0.3 is 5.32 Å². The molecule has 18 heavy (non-hydrogen) atoms. The Bertz CT molecular complexity index is 400. The van der Waals surface area contributed by atoms with Crippen LogP contribution in [0, 0.1) is 5.41 Å². The van der Waals surface area contributed by atoms with Gasteiger partial charge >= 0.3 is 0 Å². The van der Waals surface area contributed by atoms with E-state index in [0.29, 0.717) is 17.5 Å². The summed E-state index contributed by atoms with van der Waals surface area (Å²) in [5.41, 5.74) is 1.76. The molecular weight excluding hydrogens is 242 g/mol. The highest BCUT2D eigenvalue weighted by Crippen LogP contribution is 2.37. The Hall–Kier alpha value is -0.530. The average Bonchev–Trinajstić information content (AvgIpc) is 2.58. The third-order valence-electron chi connectivity index (χ3n) is 4.17. The Kier molecular flexibility index (Phi) is 4.34. The highest BCUT2D eigenvalue weighted by Gasteiger charge is 2.34. The molecule has 100 valence electrons. The fraction of sp³-hybridized carbons (Fsp3) is 0.625. The van der Waals surface area contributed by atoms with Crippen molar-refractivity contribution in [2.45, 2.75) is 58.5 Å². The first-order valence-corrected chi connectivity index (χ1v) is 7.36. The van der Waals surface area contributed by atoms with Crippen molar-refractivity contribution in [1.82, 2.24) is 5.32 Å². The van der Waals surface area contributed by atoms with E-state index in [1.165, 1.54) is 24.8 Å². The third kappa shape index (κ3) is 3.49. The van der Waals surface area contributed by atoms with Crippen LogP contribution in [0.3, 0.4) is 0 Å². The van der Waals surface area contributed by atoms with Gasteiger partial charge in [0.15, 0.2) is 0 Å². The Morgan fingerprint density at radius 3 is 2.83 bits per heavy atom. The summed E-state index contributed by atoms with van der Waals surface area (Å²) in [7, 11) is 0. The first-order valence-electron chi connectivity index (χ1n) is 6.98. The van der Waals surface area contributed by atoms with Crippen molar-refractivity contribution in [1.29, 1.82) is 0 Å². The summed E-state index contributed by atoms with van der Waals surface area (Å²) in [5.74, 6) is 0. The van der Waals surface area contributed by atoms with E-state index in [2.05, 4.69) is 38.2 Å². The molecule has 2 atom stereocenters.